The zero-order valence-corrected chi connectivity index (χ0v) is 16.5. The third kappa shape index (κ3) is 4.88. The highest BCUT2D eigenvalue weighted by atomic mass is 16.5. The molecule has 2 heterocycles. The van der Waals surface area contributed by atoms with Gasteiger partial charge in [-0.2, -0.15) is 0 Å². The maximum Gasteiger partial charge on any atom is 0.290 e. The Bertz CT molecular complexity index is 969. The molecule has 30 heavy (non-hydrogen) atoms. The standard InChI is InChI=1S/C22H24N2O6/c25-18-8-20(30-14-19(18)26)22(28)24-11-17(29-13-16-6-7-16)10-23(21(27)12-24)9-15-4-2-1-3-5-15/h1-5,8,14,16-17,26H,6-7,9-13H2. The molecule has 1 unspecified atom stereocenters. The molecule has 2 amide bonds. The van der Waals surface area contributed by atoms with Crippen LogP contribution in [-0.4, -0.2) is 59.1 Å². The summed E-state index contributed by atoms with van der Waals surface area (Å²) in [6.07, 6.45) is 2.77. The minimum absolute atomic E-state index is 0.139. The summed E-state index contributed by atoms with van der Waals surface area (Å²) >= 11 is 0. The molecule has 0 radical (unpaired) electrons. The maximum atomic E-state index is 12.9. The lowest BCUT2D eigenvalue weighted by molar-refractivity contribution is -0.132. The smallest absolute Gasteiger partial charge is 0.290 e. The van der Waals surface area contributed by atoms with Crippen LogP contribution in [0.2, 0.25) is 0 Å². The van der Waals surface area contributed by atoms with Gasteiger partial charge in [-0.1, -0.05) is 30.3 Å². The first kappa shape index (κ1) is 20.2. The Morgan fingerprint density at radius 3 is 2.63 bits per heavy atom. The summed E-state index contributed by atoms with van der Waals surface area (Å²) in [7, 11) is 0. The molecule has 8 heteroatoms. The van der Waals surface area contributed by atoms with Crippen molar-refractivity contribution in [2.45, 2.75) is 25.5 Å². The molecule has 1 aromatic carbocycles. The average Bonchev–Trinajstić information content (AvgIpc) is 3.58. The van der Waals surface area contributed by atoms with E-state index in [1.807, 2.05) is 30.3 Å². The summed E-state index contributed by atoms with van der Waals surface area (Å²) < 4.78 is 11.1. The van der Waals surface area contributed by atoms with Gasteiger partial charge in [-0.3, -0.25) is 14.4 Å². The Morgan fingerprint density at radius 1 is 1.17 bits per heavy atom. The van der Waals surface area contributed by atoms with Crippen molar-refractivity contribution in [2.24, 2.45) is 5.92 Å². The van der Waals surface area contributed by atoms with Gasteiger partial charge in [-0.05, 0) is 24.3 Å². The molecule has 1 aliphatic heterocycles. The molecule has 1 N–H and O–H groups in total. The maximum absolute atomic E-state index is 12.9. The van der Waals surface area contributed by atoms with Crippen LogP contribution in [0.15, 0.2) is 51.9 Å². The Morgan fingerprint density at radius 2 is 1.93 bits per heavy atom. The first-order chi connectivity index (χ1) is 14.5. The van der Waals surface area contributed by atoms with Gasteiger partial charge in [0.05, 0.1) is 6.10 Å². The summed E-state index contributed by atoms with van der Waals surface area (Å²) in [6, 6.07) is 10.6. The van der Waals surface area contributed by atoms with Gasteiger partial charge in [0, 0.05) is 32.3 Å². The molecule has 1 atom stereocenters. The van der Waals surface area contributed by atoms with Crippen molar-refractivity contribution in [2.75, 3.05) is 26.2 Å². The molecule has 4 rings (SSSR count). The second-order valence-corrected chi connectivity index (χ2v) is 7.84. The number of aromatic hydroxyl groups is 1. The average molecular weight is 412 g/mol. The molecule has 1 saturated heterocycles. The molecule has 0 bridgehead atoms. The van der Waals surface area contributed by atoms with E-state index in [0.717, 1.165) is 30.7 Å². The fourth-order valence-electron chi connectivity index (χ4n) is 3.42. The topological polar surface area (TPSA) is 100 Å². The van der Waals surface area contributed by atoms with Crippen LogP contribution in [0.3, 0.4) is 0 Å². The van der Waals surface area contributed by atoms with Crippen molar-refractivity contribution in [1.29, 1.82) is 0 Å². The molecule has 0 spiro atoms. The molecule has 1 aliphatic carbocycles. The quantitative estimate of drug-likeness (QED) is 0.774. The van der Waals surface area contributed by atoms with Gasteiger partial charge in [0.1, 0.15) is 12.8 Å². The molecule has 2 fully saturated rings. The summed E-state index contributed by atoms with van der Waals surface area (Å²) in [5.41, 5.74) is 0.286. The lowest BCUT2D eigenvalue weighted by Gasteiger charge is -2.24. The highest BCUT2D eigenvalue weighted by Crippen LogP contribution is 2.29. The zero-order valence-electron chi connectivity index (χ0n) is 16.5. The van der Waals surface area contributed by atoms with Crippen LogP contribution in [0.1, 0.15) is 29.0 Å². The van der Waals surface area contributed by atoms with Crippen molar-refractivity contribution in [1.82, 2.24) is 9.80 Å². The summed E-state index contributed by atoms with van der Waals surface area (Å²) in [5.74, 6) is -1.03. The Balaban J connectivity index is 1.53. The number of nitrogens with zero attached hydrogens (tertiary/aromatic N) is 2. The van der Waals surface area contributed by atoms with Crippen LogP contribution in [0.25, 0.3) is 0 Å². The van der Waals surface area contributed by atoms with E-state index >= 15 is 0 Å². The molecule has 8 nitrogen and oxygen atoms in total. The number of carbonyl (C=O) groups excluding carboxylic acids is 2. The van der Waals surface area contributed by atoms with Gasteiger partial charge in [0.2, 0.25) is 11.3 Å². The zero-order chi connectivity index (χ0) is 21.1. The van der Waals surface area contributed by atoms with Crippen LogP contribution in [0.4, 0.5) is 0 Å². The van der Waals surface area contributed by atoms with E-state index in [4.69, 9.17) is 9.15 Å². The van der Waals surface area contributed by atoms with Crippen molar-refractivity contribution in [3.05, 3.63) is 64.2 Å². The van der Waals surface area contributed by atoms with Crippen molar-refractivity contribution in [3.63, 3.8) is 0 Å². The Kier molecular flexibility index (Phi) is 5.85. The third-order valence-electron chi connectivity index (χ3n) is 5.32. The Hall–Kier alpha value is -3.13. The van der Waals surface area contributed by atoms with E-state index in [9.17, 15) is 19.5 Å². The van der Waals surface area contributed by atoms with Crippen molar-refractivity contribution in [3.8, 4) is 5.75 Å². The first-order valence-electron chi connectivity index (χ1n) is 10.0. The molecule has 2 aromatic rings. The predicted octanol–water partition coefficient (Wildman–Crippen LogP) is 1.63. The first-order valence-corrected chi connectivity index (χ1v) is 10.0. The van der Waals surface area contributed by atoms with E-state index in [1.165, 1.54) is 4.90 Å². The minimum atomic E-state index is -0.710. The molecular weight excluding hydrogens is 388 g/mol. The number of ether oxygens (including phenoxy) is 1. The summed E-state index contributed by atoms with van der Waals surface area (Å²) in [4.78, 5) is 40.6. The SMILES string of the molecule is O=C1CN(C(=O)c2cc(=O)c(O)co2)CC(OCC2CC2)CN1Cc1ccccc1. The molecule has 2 aliphatic rings. The lowest BCUT2D eigenvalue weighted by Crippen LogP contribution is -2.40. The van der Waals surface area contributed by atoms with Crippen molar-refractivity contribution < 1.29 is 23.8 Å². The number of rotatable bonds is 6. The predicted molar refractivity (Wildman–Crippen MR) is 107 cm³/mol. The highest BCUT2D eigenvalue weighted by molar-refractivity contribution is 5.94. The van der Waals surface area contributed by atoms with Crippen LogP contribution in [0, 0.1) is 5.92 Å². The molecule has 1 saturated carbocycles. The number of amides is 2. The van der Waals surface area contributed by atoms with Gasteiger partial charge < -0.3 is 24.1 Å². The fraction of sp³-hybridized carbons (Fsp3) is 0.409. The number of carbonyl (C=O) groups is 2. The Labute approximate surface area is 173 Å². The van der Waals surface area contributed by atoms with E-state index in [-0.39, 0.29) is 30.9 Å². The van der Waals surface area contributed by atoms with Crippen LogP contribution < -0.4 is 5.43 Å². The third-order valence-corrected chi connectivity index (χ3v) is 5.32. The van der Waals surface area contributed by atoms with Gasteiger partial charge in [0.25, 0.3) is 5.91 Å². The van der Waals surface area contributed by atoms with Crippen molar-refractivity contribution >= 4 is 11.8 Å². The number of hydrogen-bond acceptors (Lipinski definition) is 6. The summed E-state index contributed by atoms with van der Waals surface area (Å²) in [6.45, 7) is 1.49. The van der Waals surface area contributed by atoms with Gasteiger partial charge >= 0.3 is 0 Å². The monoisotopic (exact) mass is 412 g/mol. The van der Waals surface area contributed by atoms with E-state index in [2.05, 4.69) is 0 Å². The fourth-order valence-corrected chi connectivity index (χ4v) is 3.42. The molecule has 158 valence electrons. The van der Waals surface area contributed by atoms with Crippen LogP contribution in [0.5, 0.6) is 5.75 Å². The largest absolute Gasteiger partial charge is 0.502 e. The lowest BCUT2D eigenvalue weighted by atomic mass is 10.2. The normalized spacial score (nSPS) is 19.6. The molecular formula is C22H24N2O6. The molecule has 1 aromatic heterocycles. The van der Waals surface area contributed by atoms with Gasteiger partial charge in [-0.25, -0.2) is 0 Å². The van der Waals surface area contributed by atoms with Gasteiger partial charge in [0.15, 0.2) is 11.5 Å². The van der Waals surface area contributed by atoms with Crippen LogP contribution >= 0.6 is 0 Å². The van der Waals surface area contributed by atoms with Crippen LogP contribution in [-0.2, 0) is 16.1 Å². The highest BCUT2D eigenvalue weighted by Gasteiger charge is 2.33. The van der Waals surface area contributed by atoms with E-state index in [1.54, 1.807) is 4.90 Å². The second kappa shape index (κ2) is 8.71. The van der Waals surface area contributed by atoms with E-state index in [0.29, 0.717) is 25.6 Å². The summed E-state index contributed by atoms with van der Waals surface area (Å²) in [5, 5.41) is 9.36. The number of benzene rings is 1. The van der Waals surface area contributed by atoms with Gasteiger partial charge in [-0.15, -0.1) is 0 Å². The van der Waals surface area contributed by atoms with E-state index < -0.39 is 17.1 Å². The minimum Gasteiger partial charge on any atom is -0.502 e. The second-order valence-electron chi connectivity index (χ2n) is 7.84. The number of hydrogen-bond donors (Lipinski definition) is 1.